The third-order valence-electron chi connectivity index (χ3n) is 2.24. The first kappa shape index (κ1) is 11.3. The van der Waals surface area contributed by atoms with E-state index in [0.29, 0.717) is 16.2 Å². The molecule has 0 aliphatic rings. The maximum absolute atomic E-state index is 11.0. The smallest absolute Gasteiger partial charge is 0.339 e. The lowest BCUT2D eigenvalue weighted by Gasteiger charge is -2.07. The number of benzene rings is 1. The zero-order chi connectivity index (χ0) is 12.4. The van der Waals surface area contributed by atoms with Crippen LogP contribution in [-0.4, -0.2) is 33.0 Å². The summed E-state index contributed by atoms with van der Waals surface area (Å²) in [4.78, 5) is 11.0. The Hall–Kier alpha value is -2.15. The Morgan fingerprint density at radius 2 is 2.35 bits per heavy atom. The number of nitrogens with zero attached hydrogens (tertiary/aromatic N) is 2. The second kappa shape index (κ2) is 4.38. The Bertz CT molecular complexity index is 617. The van der Waals surface area contributed by atoms with Gasteiger partial charge in [-0.15, -0.1) is 0 Å². The maximum atomic E-state index is 11.0. The van der Waals surface area contributed by atoms with Crippen molar-refractivity contribution in [3.8, 4) is 11.4 Å². The number of nitrogens with one attached hydrogen (secondary N) is 1. The topological polar surface area (TPSA) is 80.1 Å². The molecule has 1 aromatic heterocycles. The Morgan fingerprint density at radius 3 is 2.88 bits per heavy atom. The molecule has 1 aromatic carbocycles. The predicted octanol–water partition coefficient (Wildman–Crippen LogP) is 1.64. The summed E-state index contributed by atoms with van der Waals surface area (Å²) in [6.07, 6.45) is 1.48. The van der Waals surface area contributed by atoms with Crippen molar-refractivity contribution in [1.82, 2.24) is 14.8 Å². The lowest BCUT2D eigenvalue weighted by atomic mass is 10.2. The fourth-order valence-electron chi connectivity index (χ4n) is 1.44. The van der Waals surface area contributed by atoms with Crippen molar-refractivity contribution in [2.75, 3.05) is 7.11 Å². The van der Waals surface area contributed by atoms with Crippen LogP contribution in [-0.2, 0) is 0 Å². The first-order chi connectivity index (χ1) is 8.13. The molecule has 0 amide bonds. The van der Waals surface area contributed by atoms with E-state index in [0.717, 1.165) is 0 Å². The molecule has 2 rings (SSSR count). The number of hydrogen-bond donors (Lipinski definition) is 2. The summed E-state index contributed by atoms with van der Waals surface area (Å²) in [5.74, 6) is -0.755. The van der Waals surface area contributed by atoms with Crippen molar-refractivity contribution in [3.63, 3.8) is 0 Å². The Balaban J connectivity index is 2.59. The molecule has 0 radical (unpaired) electrons. The molecule has 0 fully saturated rings. The minimum absolute atomic E-state index is 0.0769. The van der Waals surface area contributed by atoms with Crippen molar-refractivity contribution in [1.29, 1.82) is 0 Å². The largest absolute Gasteiger partial charge is 0.496 e. The van der Waals surface area contributed by atoms with Crippen molar-refractivity contribution >= 4 is 18.2 Å². The lowest BCUT2D eigenvalue weighted by Crippen LogP contribution is -2.02. The van der Waals surface area contributed by atoms with Crippen LogP contribution in [0.15, 0.2) is 24.5 Å². The van der Waals surface area contributed by atoms with Gasteiger partial charge in [0, 0.05) is 0 Å². The Kier molecular flexibility index (Phi) is 2.92. The van der Waals surface area contributed by atoms with Crippen LogP contribution in [0.25, 0.3) is 5.69 Å². The van der Waals surface area contributed by atoms with Gasteiger partial charge in [-0.3, -0.25) is 9.67 Å². The second-order valence-electron chi connectivity index (χ2n) is 3.22. The molecule has 0 bridgehead atoms. The summed E-state index contributed by atoms with van der Waals surface area (Å²) in [6, 6.07) is 4.76. The molecule has 0 saturated heterocycles. The molecule has 6 nitrogen and oxygen atoms in total. The molecule has 88 valence electrons. The summed E-state index contributed by atoms with van der Waals surface area (Å²) in [5, 5.41) is 15.4. The van der Waals surface area contributed by atoms with E-state index < -0.39 is 5.97 Å². The van der Waals surface area contributed by atoms with Crippen molar-refractivity contribution in [2.45, 2.75) is 0 Å². The second-order valence-corrected chi connectivity index (χ2v) is 3.61. The fourth-order valence-corrected chi connectivity index (χ4v) is 1.65. The van der Waals surface area contributed by atoms with Gasteiger partial charge in [-0.2, -0.15) is 5.10 Å². The third-order valence-corrected chi connectivity index (χ3v) is 2.53. The normalized spacial score (nSPS) is 10.2. The van der Waals surface area contributed by atoms with Crippen LogP contribution in [0.4, 0.5) is 0 Å². The van der Waals surface area contributed by atoms with Crippen molar-refractivity contribution < 1.29 is 14.6 Å². The van der Waals surface area contributed by atoms with Gasteiger partial charge in [0.1, 0.15) is 17.6 Å². The van der Waals surface area contributed by atoms with Gasteiger partial charge in [0.05, 0.1) is 12.8 Å². The molecule has 0 spiro atoms. The minimum atomic E-state index is -1.06. The first-order valence-corrected chi connectivity index (χ1v) is 5.08. The summed E-state index contributed by atoms with van der Waals surface area (Å²) in [5.41, 5.74) is 0.690. The van der Waals surface area contributed by atoms with Gasteiger partial charge in [-0.25, -0.2) is 4.79 Å². The first-order valence-electron chi connectivity index (χ1n) is 4.67. The van der Waals surface area contributed by atoms with E-state index in [9.17, 15) is 4.79 Å². The molecule has 0 unspecified atom stereocenters. The van der Waals surface area contributed by atoms with Crippen LogP contribution >= 0.6 is 12.2 Å². The summed E-state index contributed by atoms with van der Waals surface area (Å²) in [6.45, 7) is 0. The van der Waals surface area contributed by atoms with Crippen LogP contribution in [0.3, 0.4) is 0 Å². The Labute approximate surface area is 101 Å². The molecule has 1 heterocycles. The number of carbonyl (C=O) groups is 1. The van der Waals surface area contributed by atoms with Gasteiger partial charge in [0.25, 0.3) is 0 Å². The molecule has 0 atom stereocenters. The van der Waals surface area contributed by atoms with Gasteiger partial charge in [-0.1, -0.05) is 0 Å². The van der Waals surface area contributed by atoms with E-state index in [1.807, 2.05) is 0 Å². The number of hydrogen-bond acceptors (Lipinski definition) is 4. The molecular weight excluding hydrogens is 242 g/mol. The minimum Gasteiger partial charge on any atom is -0.496 e. The zero-order valence-electron chi connectivity index (χ0n) is 8.88. The van der Waals surface area contributed by atoms with E-state index in [4.69, 9.17) is 22.1 Å². The van der Waals surface area contributed by atoms with Crippen LogP contribution in [0.5, 0.6) is 5.75 Å². The number of methoxy groups -OCH3 is 1. The number of aromatic amines is 1. The highest BCUT2D eigenvalue weighted by Gasteiger charge is 2.12. The standard InChI is InChI=1S/C10H9N3O3S/c1-16-8-3-2-6(4-7(8)9(14)15)13-5-11-12-10(13)17/h2-5H,1H3,(H,12,17)(H,14,15). The number of carboxylic acid groups (broad SMARTS) is 1. The number of aromatic nitrogens is 3. The molecule has 2 aromatic rings. The average Bonchev–Trinajstić information content (AvgIpc) is 2.74. The molecule has 2 N–H and O–H groups in total. The summed E-state index contributed by atoms with van der Waals surface area (Å²) in [7, 11) is 1.42. The van der Waals surface area contributed by atoms with Crippen LogP contribution in [0.2, 0.25) is 0 Å². The highest BCUT2D eigenvalue weighted by molar-refractivity contribution is 7.71. The van der Waals surface area contributed by atoms with Crippen LogP contribution < -0.4 is 4.74 Å². The van der Waals surface area contributed by atoms with Crippen LogP contribution in [0.1, 0.15) is 10.4 Å². The van der Waals surface area contributed by atoms with E-state index in [-0.39, 0.29) is 5.56 Å². The fraction of sp³-hybridized carbons (Fsp3) is 0.100. The zero-order valence-corrected chi connectivity index (χ0v) is 9.69. The van der Waals surface area contributed by atoms with Crippen molar-refractivity contribution in [2.24, 2.45) is 0 Å². The SMILES string of the molecule is COc1ccc(-n2cn[nH]c2=S)cc1C(=O)O. The predicted molar refractivity (Wildman–Crippen MR) is 62.3 cm³/mol. The molecule has 0 saturated carbocycles. The quantitative estimate of drug-likeness (QED) is 0.810. The van der Waals surface area contributed by atoms with Gasteiger partial charge in [0.2, 0.25) is 0 Å². The molecule has 17 heavy (non-hydrogen) atoms. The summed E-state index contributed by atoms with van der Waals surface area (Å²) < 4.78 is 6.94. The van der Waals surface area contributed by atoms with Gasteiger partial charge >= 0.3 is 5.97 Å². The highest BCUT2D eigenvalue weighted by atomic mass is 32.1. The highest BCUT2D eigenvalue weighted by Crippen LogP contribution is 2.21. The molecule has 7 heteroatoms. The van der Waals surface area contributed by atoms with E-state index >= 15 is 0 Å². The van der Waals surface area contributed by atoms with E-state index in [1.54, 1.807) is 16.7 Å². The molecular formula is C10H9N3O3S. The van der Waals surface area contributed by atoms with Gasteiger partial charge < -0.3 is 9.84 Å². The van der Waals surface area contributed by atoms with Gasteiger partial charge in [0.15, 0.2) is 4.77 Å². The van der Waals surface area contributed by atoms with Crippen LogP contribution in [0, 0.1) is 4.77 Å². The maximum Gasteiger partial charge on any atom is 0.339 e. The number of rotatable bonds is 3. The Morgan fingerprint density at radius 1 is 1.59 bits per heavy atom. The molecule has 0 aliphatic heterocycles. The van der Waals surface area contributed by atoms with E-state index in [2.05, 4.69) is 10.2 Å². The van der Waals surface area contributed by atoms with E-state index in [1.165, 1.54) is 19.5 Å². The van der Waals surface area contributed by atoms with Gasteiger partial charge in [-0.05, 0) is 30.4 Å². The van der Waals surface area contributed by atoms with Crippen molar-refractivity contribution in [3.05, 3.63) is 34.9 Å². The third kappa shape index (κ3) is 2.04. The average molecular weight is 251 g/mol. The lowest BCUT2D eigenvalue weighted by molar-refractivity contribution is 0.0693. The number of aromatic carboxylic acids is 1. The summed E-state index contributed by atoms with van der Waals surface area (Å²) >= 11 is 5.00. The number of carboxylic acids is 1. The number of ether oxygens (including phenoxy) is 1. The molecule has 0 aliphatic carbocycles. The number of H-pyrrole nitrogens is 1. The monoisotopic (exact) mass is 251 g/mol.